The molecular formula is C18H28N4O2. The molecule has 2 amide bonds. The van der Waals surface area contributed by atoms with E-state index in [-0.39, 0.29) is 24.4 Å². The van der Waals surface area contributed by atoms with Gasteiger partial charge >= 0.3 is 0 Å². The van der Waals surface area contributed by atoms with Gasteiger partial charge in [0.05, 0.1) is 12.9 Å². The third kappa shape index (κ3) is 4.36. The molecule has 0 N–H and O–H groups in total. The zero-order valence-corrected chi connectivity index (χ0v) is 14.4. The van der Waals surface area contributed by atoms with Crippen LogP contribution in [0, 0.1) is 0 Å². The average molecular weight is 332 g/mol. The summed E-state index contributed by atoms with van der Waals surface area (Å²) in [6.07, 6.45) is 13.5. The topological polar surface area (TPSA) is 58.4 Å². The number of rotatable bonds is 5. The highest BCUT2D eigenvalue weighted by Crippen LogP contribution is 2.21. The second-order valence-corrected chi connectivity index (χ2v) is 6.95. The van der Waals surface area contributed by atoms with E-state index in [1.165, 1.54) is 6.42 Å². The van der Waals surface area contributed by atoms with Crippen LogP contribution in [-0.2, 0) is 16.1 Å². The Morgan fingerprint density at radius 1 is 1.17 bits per heavy atom. The summed E-state index contributed by atoms with van der Waals surface area (Å²) >= 11 is 0. The van der Waals surface area contributed by atoms with Crippen LogP contribution in [0.2, 0.25) is 0 Å². The van der Waals surface area contributed by atoms with Gasteiger partial charge in [0, 0.05) is 44.5 Å². The number of hydrogen-bond donors (Lipinski definition) is 0. The van der Waals surface area contributed by atoms with E-state index in [1.807, 2.05) is 17.4 Å². The fourth-order valence-corrected chi connectivity index (χ4v) is 3.81. The summed E-state index contributed by atoms with van der Waals surface area (Å²) in [7, 11) is 0. The fraction of sp³-hybridized carbons (Fsp3) is 0.722. The Morgan fingerprint density at radius 3 is 2.88 bits per heavy atom. The van der Waals surface area contributed by atoms with Crippen LogP contribution in [0.3, 0.4) is 0 Å². The summed E-state index contributed by atoms with van der Waals surface area (Å²) in [5.74, 6) is 0.272. The lowest BCUT2D eigenvalue weighted by Crippen LogP contribution is -2.49. The molecule has 2 saturated heterocycles. The second kappa shape index (κ2) is 8.31. The molecule has 2 aliphatic heterocycles. The van der Waals surface area contributed by atoms with E-state index < -0.39 is 0 Å². The van der Waals surface area contributed by atoms with Crippen LogP contribution >= 0.6 is 0 Å². The second-order valence-electron chi connectivity index (χ2n) is 6.95. The predicted molar refractivity (Wildman–Crippen MR) is 91.2 cm³/mol. The lowest BCUT2D eigenvalue weighted by Gasteiger charge is -2.37. The molecule has 2 aliphatic rings. The molecule has 0 aliphatic carbocycles. The van der Waals surface area contributed by atoms with E-state index in [2.05, 4.69) is 9.55 Å². The highest BCUT2D eigenvalue weighted by Gasteiger charge is 2.29. The van der Waals surface area contributed by atoms with Crippen molar-refractivity contribution in [3.8, 4) is 0 Å². The smallest absolute Gasteiger partial charge is 0.242 e. The number of carbonyl (C=O) groups excluding carboxylic acids is 2. The first kappa shape index (κ1) is 17.0. The molecule has 0 unspecified atom stereocenters. The fourth-order valence-electron chi connectivity index (χ4n) is 3.81. The first-order valence-electron chi connectivity index (χ1n) is 9.27. The minimum Gasteiger partial charge on any atom is -0.338 e. The molecule has 24 heavy (non-hydrogen) atoms. The number of imidazole rings is 1. The Morgan fingerprint density at radius 2 is 2.04 bits per heavy atom. The van der Waals surface area contributed by atoms with Crippen LogP contribution in [0.5, 0.6) is 0 Å². The number of amides is 2. The first-order chi connectivity index (χ1) is 11.7. The summed E-state index contributed by atoms with van der Waals surface area (Å²) in [5, 5.41) is 0. The molecule has 132 valence electrons. The van der Waals surface area contributed by atoms with Crippen molar-refractivity contribution in [2.45, 2.75) is 64.0 Å². The molecule has 1 atom stereocenters. The van der Waals surface area contributed by atoms with E-state index in [0.29, 0.717) is 6.42 Å². The van der Waals surface area contributed by atoms with Crippen molar-refractivity contribution in [1.29, 1.82) is 0 Å². The zero-order valence-electron chi connectivity index (χ0n) is 14.4. The van der Waals surface area contributed by atoms with E-state index >= 15 is 0 Å². The van der Waals surface area contributed by atoms with E-state index in [9.17, 15) is 9.59 Å². The van der Waals surface area contributed by atoms with Gasteiger partial charge in [-0.1, -0.05) is 6.42 Å². The maximum Gasteiger partial charge on any atom is 0.242 e. The molecule has 1 aromatic heterocycles. The number of hydrogen-bond acceptors (Lipinski definition) is 3. The number of likely N-dealkylation sites (tertiary alicyclic amines) is 2. The lowest BCUT2D eigenvalue weighted by molar-refractivity contribution is -0.142. The third-order valence-electron chi connectivity index (χ3n) is 5.22. The van der Waals surface area contributed by atoms with Crippen molar-refractivity contribution >= 4 is 11.8 Å². The molecule has 6 heteroatoms. The maximum atomic E-state index is 12.8. The normalized spacial score (nSPS) is 22.5. The number of carbonyl (C=O) groups is 2. The Balaban J connectivity index is 1.57. The van der Waals surface area contributed by atoms with Gasteiger partial charge in [-0.3, -0.25) is 9.59 Å². The molecule has 2 fully saturated rings. The molecule has 3 heterocycles. The van der Waals surface area contributed by atoms with Crippen molar-refractivity contribution in [2.24, 2.45) is 0 Å². The number of piperidine rings is 1. The largest absolute Gasteiger partial charge is 0.338 e. The van der Waals surface area contributed by atoms with E-state index in [0.717, 1.165) is 58.2 Å². The average Bonchev–Trinajstić information content (AvgIpc) is 3.04. The van der Waals surface area contributed by atoms with Gasteiger partial charge in [0.25, 0.3) is 0 Å². The monoisotopic (exact) mass is 332 g/mol. The summed E-state index contributed by atoms with van der Waals surface area (Å²) in [6.45, 7) is 2.71. The highest BCUT2D eigenvalue weighted by atomic mass is 16.2. The molecular weight excluding hydrogens is 304 g/mol. The summed E-state index contributed by atoms with van der Waals surface area (Å²) < 4.78 is 2.07. The van der Waals surface area contributed by atoms with Crippen molar-refractivity contribution in [1.82, 2.24) is 19.4 Å². The number of nitrogens with zero attached hydrogens (tertiary/aromatic N) is 4. The highest BCUT2D eigenvalue weighted by molar-refractivity contribution is 5.85. The van der Waals surface area contributed by atoms with Crippen molar-refractivity contribution in [3.05, 3.63) is 18.7 Å². The Kier molecular flexibility index (Phi) is 5.88. The van der Waals surface area contributed by atoms with Crippen LogP contribution in [-0.4, -0.2) is 56.8 Å². The predicted octanol–water partition coefficient (Wildman–Crippen LogP) is 2.06. The molecule has 0 bridgehead atoms. The maximum absolute atomic E-state index is 12.8. The SMILES string of the molecule is O=C1CCCCCN1CC(=O)N1CCCC[C@@H]1CCn1ccnc1. The van der Waals surface area contributed by atoms with Gasteiger partial charge in [-0.05, 0) is 38.5 Å². The molecule has 0 aromatic carbocycles. The molecule has 1 aromatic rings. The molecule has 3 rings (SSSR count). The summed E-state index contributed by atoms with van der Waals surface area (Å²) in [5.41, 5.74) is 0. The molecule has 0 radical (unpaired) electrons. The van der Waals surface area contributed by atoms with Crippen LogP contribution < -0.4 is 0 Å². The van der Waals surface area contributed by atoms with Gasteiger partial charge in [0.1, 0.15) is 0 Å². The van der Waals surface area contributed by atoms with Gasteiger partial charge < -0.3 is 14.4 Å². The van der Waals surface area contributed by atoms with E-state index in [1.54, 1.807) is 11.1 Å². The third-order valence-corrected chi connectivity index (χ3v) is 5.22. The minimum absolute atomic E-state index is 0.126. The summed E-state index contributed by atoms with van der Waals surface area (Å²) in [6, 6.07) is 0.288. The standard InChI is InChI=1S/C18H28N4O2/c23-17-7-2-1-4-10-21(17)14-18(24)22-11-5-3-6-16(22)8-12-20-13-9-19-15-20/h9,13,15-16H,1-8,10-12,14H2/t16-/m1/s1. The summed E-state index contributed by atoms with van der Waals surface area (Å²) in [4.78, 5) is 32.8. The van der Waals surface area contributed by atoms with Gasteiger partial charge in [0.2, 0.25) is 11.8 Å². The van der Waals surface area contributed by atoms with Gasteiger partial charge in [-0.25, -0.2) is 4.98 Å². The Hall–Kier alpha value is -1.85. The van der Waals surface area contributed by atoms with Crippen LogP contribution in [0.25, 0.3) is 0 Å². The lowest BCUT2D eigenvalue weighted by atomic mass is 9.99. The van der Waals surface area contributed by atoms with Crippen LogP contribution in [0.1, 0.15) is 51.4 Å². The molecule has 0 spiro atoms. The zero-order chi connectivity index (χ0) is 16.8. The van der Waals surface area contributed by atoms with Crippen LogP contribution in [0.15, 0.2) is 18.7 Å². The van der Waals surface area contributed by atoms with Gasteiger partial charge in [0.15, 0.2) is 0 Å². The number of aromatic nitrogens is 2. The Labute approximate surface area is 143 Å². The van der Waals surface area contributed by atoms with Gasteiger partial charge in [-0.2, -0.15) is 0 Å². The molecule has 0 saturated carbocycles. The van der Waals surface area contributed by atoms with Crippen LogP contribution in [0.4, 0.5) is 0 Å². The molecule has 6 nitrogen and oxygen atoms in total. The van der Waals surface area contributed by atoms with Crippen molar-refractivity contribution in [2.75, 3.05) is 19.6 Å². The number of aryl methyl sites for hydroxylation is 1. The quantitative estimate of drug-likeness (QED) is 0.829. The van der Waals surface area contributed by atoms with E-state index in [4.69, 9.17) is 0 Å². The van der Waals surface area contributed by atoms with Crippen molar-refractivity contribution < 1.29 is 9.59 Å². The van der Waals surface area contributed by atoms with Crippen molar-refractivity contribution in [3.63, 3.8) is 0 Å². The Bertz CT molecular complexity index is 543. The minimum atomic E-state index is 0.126. The first-order valence-corrected chi connectivity index (χ1v) is 9.27. The van der Waals surface area contributed by atoms with Gasteiger partial charge in [-0.15, -0.1) is 0 Å².